The average Bonchev–Trinajstić information content (AvgIpc) is 2.66. The second-order valence-corrected chi connectivity index (χ2v) is 4.41. The van der Waals surface area contributed by atoms with Gasteiger partial charge >= 0.3 is 0 Å². The van der Waals surface area contributed by atoms with Crippen molar-refractivity contribution in [3.63, 3.8) is 0 Å². The number of halogens is 1. The van der Waals surface area contributed by atoms with Crippen molar-refractivity contribution >= 4 is 17.3 Å². The molecule has 1 aromatic carbocycles. The van der Waals surface area contributed by atoms with Gasteiger partial charge in [0.05, 0.1) is 0 Å². The van der Waals surface area contributed by atoms with Gasteiger partial charge in [-0.15, -0.1) is 0 Å². The van der Waals surface area contributed by atoms with E-state index >= 15 is 0 Å². The van der Waals surface area contributed by atoms with Crippen molar-refractivity contribution in [3.05, 3.63) is 52.8 Å². The third-order valence-electron chi connectivity index (χ3n) is 2.56. The molecule has 0 fully saturated rings. The fraction of sp³-hybridized carbons (Fsp3) is 0.231. The maximum Gasteiger partial charge on any atom is 0.0455 e. The van der Waals surface area contributed by atoms with Gasteiger partial charge in [-0.3, -0.25) is 0 Å². The lowest BCUT2D eigenvalue weighted by Gasteiger charge is -2.06. The first-order chi connectivity index (χ1) is 7.65. The summed E-state index contributed by atoms with van der Waals surface area (Å²) in [4.78, 5) is 0. The molecule has 0 bridgehead atoms. The fourth-order valence-corrected chi connectivity index (χ4v) is 1.75. The summed E-state index contributed by atoms with van der Waals surface area (Å²) in [6, 6.07) is 8.13. The van der Waals surface area contributed by atoms with Crippen LogP contribution in [-0.4, -0.2) is 4.57 Å². The average molecular weight is 235 g/mol. The van der Waals surface area contributed by atoms with Crippen LogP contribution in [0.5, 0.6) is 0 Å². The summed E-state index contributed by atoms with van der Waals surface area (Å²) in [5.74, 6) is 0. The Morgan fingerprint density at radius 1 is 1.31 bits per heavy atom. The molecule has 0 saturated carbocycles. The Bertz CT molecular complexity index is 488. The zero-order valence-electron chi connectivity index (χ0n) is 9.50. The second kappa shape index (κ2) is 4.62. The van der Waals surface area contributed by atoms with E-state index in [-0.39, 0.29) is 0 Å². The number of hydrogen-bond donors (Lipinski definition) is 1. The van der Waals surface area contributed by atoms with Gasteiger partial charge in [0.2, 0.25) is 0 Å². The molecular formula is C13H15ClN2. The van der Waals surface area contributed by atoms with Crippen LogP contribution < -0.4 is 5.32 Å². The third-order valence-corrected chi connectivity index (χ3v) is 2.97. The number of hydrogen-bond acceptors (Lipinski definition) is 1. The summed E-state index contributed by atoms with van der Waals surface area (Å²) in [5.41, 5.74) is 3.42. The molecule has 0 unspecified atom stereocenters. The minimum atomic E-state index is 0.804. The lowest BCUT2D eigenvalue weighted by Crippen LogP contribution is -1.98. The first-order valence-corrected chi connectivity index (χ1v) is 5.64. The molecule has 1 aromatic heterocycles. The Hall–Kier alpha value is -1.41. The van der Waals surface area contributed by atoms with Crippen LogP contribution in [-0.2, 0) is 13.6 Å². The van der Waals surface area contributed by atoms with Gasteiger partial charge in [0.25, 0.3) is 0 Å². The normalized spacial score (nSPS) is 10.4. The standard InChI is InChI=1S/C13H15ClN2/c1-10-3-4-12(7-13(10)14)15-8-11-5-6-16(2)9-11/h3-7,9,15H,8H2,1-2H3. The van der Waals surface area contributed by atoms with Gasteiger partial charge in [-0.25, -0.2) is 0 Å². The van der Waals surface area contributed by atoms with Gasteiger partial charge in [0.1, 0.15) is 0 Å². The van der Waals surface area contributed by atoms with Gasteiger partial charge in [-0.05, 0) is 36.2 Å². The largest absolute Gasteiger partial charge is 0.381 e. The van der Waals surface area contributed by atoms with Crippen LogP contribution >= 0.6 is 11.6 Å². The molecule has 0 aliphatic heterocycles. The molecule has 1 N–H and O–H groups in total. The van der Waals surface area contributed by atoms with E-state index in [1.807, 2.05) is 42.9 Å². The fourth-order valence-electron chi connectivity index (χ4n) is 1.57. The predicted octanol–water partition coefficient (Wildman–Crippen LogP) is 3.60. The van der Waals surface area contributed by atoms with Gasteiger partial charge in [0, 0.05) is 36.7 Å². The Labute approximate surface area is 101 Å². The maximum absolute atomic E-state index is 6.06. The number of nitrogens with one attached hydrogen (secondary N) is 1. The Kier molecular flexibility index (Phi) is 3.20. The topological polar surface area (TPSA) is 17.0 Å². The second-order valence-electron chi connectivity index (χ2n) is 4.00. The smallest absolute Gasteiger partial charge is 0.0455 e. The summed E-state index contributed by atoms with van der Waals surface area (Å²) >= 11 is 6.06. The molecule has 84 valence electrons. The third kappa shape index (κ3) is 2.58. The molecule has 0 saturated heterocycles. The van der Waals surface area contributed by atoms with Crippen LogP contribution in [0.2, 0.25) is 5.02 Å². The highest BCUT2D eigenvalue weighted by atomic mass is 35.5. The van der Waals surface area contributed by atoms with E-state index in [2.05, 4.69) is 17.6 Å². The van der Waals surface area contributed by atoms with Crippen LogP contribution in [0, 0.1) is 6.92 Å². The highest BCUT2D eigenvalue weighted by Gasteiger charge is 1.98. The number of rotatable bonds is 3. The van der Waals surface area contributed by atoms with Crippen molar-refractivity contribution in [2.45, 2.75) is 13.5 Å². The maximum atomic E-state index is 6.06. The van der Waals surface area contributed by atoms with E-state index in [0.29, 0.717) is 0 Å². The van der Waals surface area contributed by atoms with Crippen molar-refractivity contribution in [1.82, 2.24) is 4.57 Å². The predicted molar refractivity (Wildman–Crippen MR) is 68.9 cm³/mol. The van der Waals surface area contributed by atoms with Crippen molar-refractivity contribution in [3.8, 4) is 0 Å². The Morgan fingerprint density at radius 3 is 2.75 bits per heavy atom. The molecule has 16 heavy (non-hydrogen) atoms. The number of aromatic nitrogens is 1. The molecule has 0 radical (unpaired) electrons. The Morgan fingerprint density at radius 2 is 2.12 bits per heavy atom. The van der Waals surface area contributed by atoms with Gasteiger partial charge in [0.15, 0.2) is 0 Å². The molecule has 3 heteroatoms. The summed E-state index contributed by atoms with van der Waals surface area (Å²) < 4.78 is 2.04. The van der Waals surface area contributed by atoms with Crippen LogP contribution in [0.25, 0.3) is 0 Å². The van der Waals surface area contributed by atoms with E-state index in [1.165, 1.54) is 5.56 Å². The summed E-state index contributed by atoms with van der Waals surface area (Å²) in [5, 5.41) is 4.15. The van der Waals surface area contributed by atoms with Crippen LogP contribution in [0.15, 0.2) is 36.7 Å². The van der Waals surface area contributed by atoms with E-state index in [0.717, 1.165) is 22.8 Å². The van der Waals surface area contributed by atoms with E-state index in [9.17, 15) is 0 Å². The minimum absolute atomic E-state index is 0.804. The van der Waals surface area contributed by atoms with E-state index < -0.39 is 0 Å². The zero-order valence-corrected chi connectivity index (χ0v) is 10.3. The SMILES string of the molecule is Cc1ccc(NCc2ccn(C)c2)cc1Cl. The van der Waals surface area contributed by atoms with Gasteiger partial charge in [-0.2, -0.15) is 0 Å². The molecular weight excluding hydrogens is 220 g/mol. The summed E-state index contributed by atoms with van der Waals surface area (Å²) in [6.07, 6.45) is 4.14. The number of anilines is 1. The molecule has 0 atom stereocenters. The zero-order chi connectivity index (χ0) is 11.5. The van der Waals surface area contributed by atoms with Crippen molar-refractivity contribution < 1.29 is 0 Å². The van der Waals surface area contributed by atoms with E-state index in [1.54, 1.807) is 0 Å². The highest BCUT2D eigenvalue weighted by molar-refractivity contribution is 6.31. The minimum Gasteiger partial charge on any atom is -0.381 e. The molecule has 2 aromatic rings. The molecule has 2 rings (SSSR count). The van der Waals surface area contributed by atoms with Crippen molar-refractivity contribution in [2.24, 2.45) is 7.05 Å². The first kappa shape index (κ1) is 11.1. The lowest BCUT2D eigenvalue weighted by atomic mass is 10.2. The number of aryl methyl sites for hydroxylation is 2. The van der Waals surface area contributed by atoms with Crippen LogP contribution in [0.3, 0.4) is 0 Å². The Balaban J connectivity index is 2.02. The monoisotopic (exact) mass is 234 g/mol. The van der Waals surface area contributed by atoms with Crippen LogP contribution in [0.4, 0.5) is 5.69 Å². The molecule has 0 amide bonds. The van der Waals surface area contributed by atoms with Crippen molar-refractivity contribution in [1.29, 1.82) is 0 Å². The van der Waals surface area contributed by atoms with Gasteiger partial charge in [-0.1, -0.05) is 17.7 Å². The summed E-state index contributed by atoms with van der Waals surface area (Å²) in [7, 11) is 2.02. The highest BCUT2D eigenvalue weighted by Crippen LogP contribution is 2.20. The molecule has 2 nitrogen and oxygen atoms in total. The number of benzene rings is 1. The molecule has 0 aliphatic carbocycles. The molecule has 1 heterocycles. The number of nitrogens with zero attached hydrogens (tertiary/aromatic N) is 1. The first-order valence-electron chi connectivity index (χ1n) is 5.26. The van der Waals surface area contributed by atoms with Crippen LogP contribution in [0.1, 0.15) is 11.1 Å². The van der Waals surface area contributed by atoms with Crippen molar-refractivity contribution in [2.75, 3.05) is 5.32 Å². The quantitative estimate of drug-likeness (QED) is 0.859. The van der Waals surface area contributed by atoms with Gasteiger partial charge < -0.3 is 9.88 Å². The van der Waals surface area contributed by atoms with E-state index in [4.69, 9.17) is 11.6 Å². The lowest BCUT2D eigenvalue weighted by molar-refractivity contribution is 0.920. The summed E-state index contributed by atoms with van der Waals surface area (Å²) in [6.45, 7) is 2.82. The molecule has 0 aliphatic rings. The molecule has 0 spiro atoms.